The summed E-state index contributed by atoms with van der Waals surface area (Å²) in [5.74, 6) is 1.06. The van der Waals surface area contributed by atoms with Crippen molar-refractivity contribution in [3.8, 4) is 17.2 Å². The van der Waals surface area contributed by atoms with Crippen LogP contribution in [0.25, 0.3) is 10.9 Å². The second-order valence-electron chi connectivity index (χ2n) is 6.51. The molecule has 0 aliphatic rings. The smallest absolute Gasteiger partial charge is 0.271 e. The second kappa shape index (κ2) is 9.82. The standard InChI is InChI=1S/C23H27N3O4/c1-5-28-20-12-16(13-21(29-6-2)22(20)30-7-3)23(27)26-24-14-18-15(4)25-19-11-9-8-10-17(18)19/h8-14,25H,5-7H2,1-4H3,(H,26,27). The van der Waals surface area contributed by atoms with Gasteiger partial charge in [-0.15, -0.1) is 0 Å². The lowest BCUT2D eigenvalue weighted by Gasteiger charge is -2.16. The quantitative estimate of drug-likeness (QED) is 0.404. The Morgan fingerprint density at radius 3 is 2.30 bits per heavy atom. The van der Waals surface area contributed by atoms with Crippen LogP contribution in [-0.4, -0.2) is 36.9 Å². The van der Waals surface area contributed by atoms with E-state index in [1.54, 1.807) is 18.3 Å². The average molecular weight is 409 g/mol. The maximum atomic E-state index is 12.7. The molecule has 0 atom stereocenters. The molecule has 0 saturated carbocycles. The fraction of sp³-hybridized carbons (Fsp3) is 0.304. The van der Waals surface area contributed by atoms with Gasteiger partial charge in [-0.2, -0.15) is 5.10 Å². The van der Waals surface area contributed by atoms with E-state index in [1.165, 1.54) is 0 Å². The Balaban J connectivity index is 1.85. The normalized spacial score (nSPS) is 11.1. The molecule has 30 heavy (non-hydrogen) atoms. The molecular weight excluding hydrogens is 382 g/mol. The number of aryl methyl sites for hydroxylation is 1. The SMILES string of the molecule is CCOc1cc(C(=O)NN=Cc2c(C)[nH]c3ccccc23)cc(OCC)c1OCC. The number of hydrogen-bond acceptors (Lipinski definition) is 5. The van der Waals surface area contributed by atoms with Gasteiger partial charge in [0, 0.05) is 27.7 Å². The zero-order chi connectivity index (χ0) is 21.5. The van der Waals surface area contributed by atoms with E-state index in [0.717, 1.165) is 22.2 Å². The fourth-order valence-electron chi connectivity index (χ4n) is 3.20. The number of ether oxygens (including phenoxy) is 3. The maximum Gasteiger partial charge on any atom is 0.271 e. The predicted molar refractivity (Wildman–Crippen MR) is 118 cm³/mol. The number of hydrogen-bond donors (Lipinski definition) is 2. The third kappa shape index (κ3) is 4.56. The number of carbonyl (C=O) groups excluding carboxylic acids is 1. The van der Waals surface area contributed by atoms with Crippen molar-refractivity contribution in [2.24, 2.45) is 5.10 Å². The summed E-state index contributed by atoms with van der Waals surface area (Å²) in [7, 11) is 0. The summed E-state index contributed by atoms with van der Waals surface area (Å²) in [5.41, 5.74) is 5.89. The molecule has 158 valence electrons. The molecule has 0 aliphatic heterocycles. The third-order valence-corrected chi connectivity index (χ3v) is 4.47. The van der Waals surface area contributed by atoms with E-state index < -0.39 is 0 Å². The largest absolute Gasteiger partial charge is 0.490 e. The van der Waals surface area contributed by atoms with E-state index in [9.17, 15) is 4.79 Å². The number of benzene rings is 2. The molecule has 0 radical (unpaired) electrons. The maximum absolute atomic E-state index is 12.7. The summed E-state index contributed by atoms with van der Waals surface area (Å²) in [4.78, 5) is 16.0. The van der Waals surface area contributed by atoms with Crippen molar-refractivity contribution in [2.45, 2.75) is 27.7 Å². The summed E-state index contributed by atoms with van der Waals surface area (Å²) in [5, 5.41) is 5.20. The Morgan fingerprint density at radius 1 is 1.03 bits per heavy atom. The van der Waals surface area contributed by atoms with Crippen molar-refractivity contribution < 1.29 is 19.0 Å². The van der Waals surface area contributed by atoms with Crippen LogP contribution in [0.15, 0.2) is 41.5 Å². The summed E-state index contributed by atoms with van der Waals surface area (Å²) in [6, 6.07) is 11.2. The second-order valence-corrected chi connectivity index (χ2v) is 6.51. The van der Waals surface area contributed by atoms with Crippen molar-refractivity contribution in [3.63, 3.8) is 0 Å². The number of para-hydroxylation sites is 1. The van der Waals surface area contributed by atoms with Crippen LogP contribution in [0.4, 0.5) is 0 Å². The first-order valence-corrected chi connectivity index (χ1v) is 10.1. The number of aromatic amines is 1. The van der Waals surface area contributed by atoms with Crippen LogP contribution in [0.2, 0.25) is 0 Å². The van der Waals surface area contributed by atoms with E-state index in [4.69, 9.17) is 14.2 Å². The zero-order valence-electron chi connectivity index (χ0n) is 17.7. The van der Waals surface area contributed by atoms with Crippen LogP contribution in [0, 0.1) is 6.92 Å². The first-order valence-electron chi connectivity index (χ1n) is 10.1. The highest BCUT2D eigenvalue weighted by molar-refractivity contribution is 6.01. The molecule has 0 fully saturated rings. The van der Waals surface area contributed by atoms with Crippen LogP contribution in [0.5, 0.6) is 17.2 Å². The number of amides is 1. The van der Waals surface area contributed by atoms with Crippen LogP contribution in [0.3, 0.4) is 0 Å². The molecule has 2 aromatic carbocycles. The molecule has 0 spiro atoms. The van der Waals surface area contributed by atoms with Crippen LogP contribution >= 0.6 is 0 Å². The predicted octanol–water partition coefficient (Wildman–Crippen LogP) is 4.44. The number of hydrazone groups is 1. The number of H-pyrrole nitrogens is 1. The van der Waals surface area contributed by atoms with Gasteiger partial charge in [0.15, 0.2) is 11.5 Å². The monoisotopic (exact) mass is 409 g/mol. The van der Waals surface area contributed by atoms with E-state index in [2.05, 4.69) is 15.5 Å². The average Bonchev–Trinajstić information content (AvgIpc) is 3.05. The lowest BCUT2D eigenvalue weighted by molar-refractivity contribution is 0.0954. The highest BCUT2D eigenvalue weighted by Crippen LogP contribution is 2.39. The van der Waals surface area contributed by atoms with Crippen molar-refractivity contribution in [1.29, 1.82) is 0 Å². The highest BCUT2D eigenvalue weighted by Gasteiger charge is 2.18. The van der Waals surface area contributed by atoms with Gasteiger partial charge in [-0.3, -0.25) is 4.79 Å². The summed E-state index contributed by atoms with van der Waals surface area (Å²) in [6.07, 6.45) is 1.65. The topological polar surface area (TPSA) is 84.9 Å². The molecular formula is C23H27N3O4. The Kier molecular flexibility index (Phi) is 6.95. The molecule has 0 aliphatic carbocycles. The van der Waals surface area contributed by atoms with Gasteiger partial charge in [-0.05, 0) is 45.9 Å². The van der Waals surface area contributed by atoms with Gasteiger partial charge in [0.25, 0.3) is 5.91 Å². The number of aromatic nitrogens is 1. The molecule has 3 rings (SSSR count). The van der Waals surface area contributed by atoms with Gasteiger partial charge in [-0.1, -0.05) is 18.2 Å². The van der Waals surface area contributed by atoms with Gasteiger partial charge < -0.3 is 19.2 Å². The Labute approximate surface area is 176 Å². The molecule has 1 amide bonds. The Morgan fingerprint density at radius 2 is 1.67 bits per heavy atom. The first-order chi connectivity index (χ1) is 14.6. The van der Waals surface area contributed by atoms with Gasteiger partial charge in [-0.25, -0.2) is 5.43 Å². The van der Waals surface area contributed by atoms with E-state index in [1.807, 2.05) is 52.0 Å². The van der Waals surface area contributed by atoms with Gasteiger partial charge in [0.05, 0.1) is 26.0 Å². The van der Waals surface area contributed by atoms with Crippen LogP contribution < -0.4 is 19.6 Å². The van der Waals surface area contributed by atoms with Gasteiger partial charge in [0.2, 0.25) is 5.75 Å². The minimum atomic E-state index is -0.367. The Bertz CT molecular complexity index is 1030. The lowest BCUT2D eigenvalue weighted by atomic mass is 10.1. The molecule has 3 aromatic rings. The third-order valence-electron chi connectivity index (χ3n) is 4.47. The van der Waals surface area contributed by atoms with Crippen molar-refractivity contribution in [3.05, 3.63) is 53.2 Å². The number of carbonyl (C=O) groups is 1. The molecule has 7 nitrogen and oxygen atoms in total. The molecule has 0 bridgehead atoms. The zero-order valence-corrected chi connectivity index (χ0v) is 17.7. The molecule has 1 heterocycles. The lowest BCUT2D eigenvalue weighted by Crippen LogP contribution is -2.18. The number of fused-ring (bicyclic) bond motifs is 1. The van der Waals surface area contributed by atoms with E-state index in [-0.39, 0.29) is 5.91 Å². The van der Waals surface area contributed by atoms with Crippen molar-refractivity contribution in [1.82, 2.24) is 10.4 Å². The molecule has 2 N–H and O–H groups in total. The van der Waals surface area contributed by atoms with Crippen molar-refractivity contribution in [2.75, 3.05) is 19.8 Å². The summed E-state index contributed by atoms with van der Waals surface area (Å²) >= 11 is 0. The van der Waals surface area contributed by atoms with E-state index in [0.29, 0.717) is 42.6 Å². The minimum Gasteiger partial charge on any atom is -0.490 e. The summed E-state index contributed by atoms with van der Waals surface area (Å²) in [6.45, 7) is 8.93. The number of nitrogens with one attached hydrogen (secondary N) is 2. The fourth-order valence-corrected chi connectivity index (χ4v) is 3.20. The first kappa shape index (κ1) is 21.2. The molecule has 7 heteroatoms. The van der Waals surface area contributed by atoms with Gasteiger partial charge in [0.1, 0.15) is 0 Å². The van der Waals surface area contributed by atoms with Gasteiger partial charge >= 0.3 is 0 Å². The highest BCUT2D eigenvalue weighted by atomic mass is 16.5. The Hall–Kier alpha value is -3.48. The molecule has 0 saturated heterocycles. The number of rotatable bonds is 9. The van der Waals surface area contributed by atoms with E-state index >= 15 is 0 Å². The van der Waals surface area contributed by atoms with Crippen molar-refractivity contribution >= 4 is 23.0 Å². The molecule has 0 unspecified atom stereocenters. The summed E-state index contributed by atoms with van der Waals surface area (Å²) < 4.78 is 17.0. The van der Waals surface area contributed by atoms with Crippen LogP contribution in [0.1, 0.15) is 42.4 Å². The molecule has 1 aromatic heterocycles. The minimum absolute atomic E-state index is 0.367. The van der Waals surface area contributed by atoms with Crippen LogP contribution in [-0.2, 0) is 0 Å². The number of nitrogens with zero attached hydrogens (tertiary/aromatic N) is 1.